The zero-order valence-electron chi connectivity index (χ0n) is 14.2. The van der Waals surface area contributed by atoms with Crippen molar-refractivity contribution in [1.29, 1.82) is 0 Å². The van der Waals surface area contributed by atoms with Crippen molar-refractivity contribution in [1.82, 2.24) is 10.2 Å². The summed E-state index contributed by atoms with van der Waals surface area (Å²) in [5.41, 5.74) is -0.845. The van der Waals surface area contributed by atoms with E-state index in [1.165, 1.54) is 4.90 Å². The smallest absolute Gasteiger partial charge is 0.238 e. The molecule has 2 amide bonds. The number of nitrogens with zero attached hydrogens (tertiary/aromatic N) is 1. The lowest BCUT2D eigenvalue weighted by Gasteiger charge is -2.24. The topological polar surface area (TPSA) is 61.4 Å². The summed E-state index contributed by atoms with van der Waals surface area (Å²) in [4.78, 5) is 25.3. The van der Waals surface area contributed by atoms with Crippen molar-refractivity contribution in [2.24, 2.45) is 0 Å². The third kappa shape index (κ3) is 6.19. The number of carbonyl (C=O) groups excluding carboxylic acids is 2. The van der Waals surface area contributed by atoms with Crippen LogP contribution in [0.25, 0.3) is 0 Å². The van der Waals surface area contributed by atoms with Crippen LogP contribution in [0.15, 0.2) is 12.1 Å². The minimum Gasteiger partial charge on any atom is -0.350 e. The number of likely N-dealkylation sites (N-methyl/N-ethyl adjacent to an activating group) is 1. The van der Waals surface area contributed by atoms with Crippen LogP contribution in [0, 0.1) is 17.5 Å². The van der Waals surface area contributed by atoms with Crippen LogP contribution in [0.3, 0.4) is 0 Å². The Morgan fingerprint density at radius 2 is 1.62 bits per heavy atom. The van der Waals surface area contributed by atoms with E-state index in [9.17, 15) is 22.8 Å². The van der Waals surface area contributed by atoms with Gasteiger partial charge in [-0.25, -0.2) is 13.2 Å². The highest BCUT2D eigenvalue weighted by Gasteiger charge is 2.19. The van der Waals surface area contributed by atoms with Crippen molar-refractivity contribution in [3.8, 4) is 0 Å². The van der Waals surface area contributed by atoms with E-state index in [0.29, 0.717) is 6.54 Å². The Morgan fingerprint density at radius 1 is 1.04 bits per heavy atom. The molecule has 0 aliphatic carbocycles. The fourth-order valence-corrected chi connectivity index (χ4v) is 1.96. The van der Waals surface area contributed by atoms with E-state index in [-0.39, 0.29) is 19.0 Å². The van der Waals surface area contributed by atoms with E-state index in [0.717, 1.165) is 12.1 Å². The van der Waals surface area contributed by atoms with Crippen molar-refractivity contribution < 1.29 is 22.8 Å². The predicted octanol–water partition coefficient (Wildman–Crippen LogP) is 2.28. The van der Waals surface area contributed by atoms with E-state index in [2.05, 4.69) is 10.6 Å². The standard InChI is InChI=1S/C16H22F3N3O2/c1-5-22(9-13(24)21-16(2,3)4)8-12(23)20-11-7-6-10(17)14(18)15(11)19/h6-7H,5,8-9H2,1-4H3,(H,20,23)(H,21,24). The average Bonchev–Trinajstić information content (AvgIpc) is 2.45. The molecular weight excluding hydrogens is 323 g/mol. The van der Waals surface area contributed by atoms with Gasteiger partial charge in [0.1, 0.15) is 0 Å². The largest absolute Gasteiger partial charge is 0.350 e. The molecule has 0 atom stereocenters. The van der Waals surface area contributed by atoms with Gasteiger partial charge in [-0.05, 0) is 39.4 Å². The zero-order chi connectivity index (χ0) is 18.5. The summed E-state index contributed by atoms with van der Waals surface area (Å²) in [7, 11) is 0. The van der Waals surface area contributed by atoms with Crippen LogP contribution in [0.5, 0.6) is 0 Å². The van der Waals surface area contributed by atoms with Gasteiger partial charge < -0.3 is 10.6 Å². The number of hydrogen-bond acceptors (Lipinski definition) is 3. The normalized spacial score (nSPS) is 11.5. The maximum atomic E-state index is 13.5. The van der Waals surface area contributed by atoms with Gasteiger partial charge in [0.2, 0.25) is 11.8 Å². The summed E-state index contributed by atoms with van der Waals surface area (Å²) >= 11 is 0. The Balaban J connectivity index is 2.65. The molecule has 0 saturated heterocycles. The van der Waals surface area contributed by atoms with Gasteiger partial charge in [-0.3, -0.25) is 14.5 Å². The van der Waals surface area contributed by atoms with E-state index in [4.69, 9.17) is 0 Å². The van der Waals surface area contributed by atoms with E-state index in [1.54, 1.807) is 6.92 Å². The molecule has 0 aliphatic heterocycles. The van der Waals surface area contributed by atoms with Gasteiger partial charge in [0.15, 0.2) is 17.5 Å². The monoisotopic (exact) mass is 345 g/mol. The lowest BCUT2D eigenvalue weighted by Crippen LogP contribution is -2.47. The molecule has 1 aromatic carbocycles. The number of amides is 2. The van der Waals surface area contributed by atoms with E-state index < -0.39 is 34.6 Å². The van der Waals surface area contributed by atoms with Crippen LogP contribution >= 0.6 is 0 Å². The van der Waals surface area contributed by atoms with Crippen molar-refractivity contribution in [3.63, 3.8) is 0 Å². The highest BCUT2D eigenvalue weighted by Crippen LogP contribution is 2.19. The molecular formula is C16H22F3N3O2. The quantitative estimate of drug-likeness (QED) is 0.778. The molecule has 0 aromatic heterocycles. The van der Waals surface area contributed by atoms with E-state index in [1.807, 2.05) is 20.8 Å². The maximum absolute atomic E-state index is 13.5. The van der Waals surface area contributed by atoms with Gasteiger partial charge in [0, 0.05) is 5.54 Å². The fourth-order valence-electron chi connectivity index (χ4n) is 1.96. The first kappa shape index (κ1) is 20.0. The average molecular weight is 345 g/mol. The summed E-state index contributed by atoms with van der Waals surface area (Å²) in [5, 5.41) is 4.94. The molecule has 0 radical (unpaired) electrons. The van der Waals surface area contributed by atoms with Gasteiger partial charge in [0.05, 0.1) is 18.8 Å². The first-order chi connectivity index (χ1) is 11.0. The van der Waals surface area contributed by atoms with Gasteiger partial charge >= 0.3 is 0 Å². The first-order valence-corrected chi connectivity index (χ1v) is 7.50. The third-order valence-corrected chi connectivity index (χ3v) is 3.01. The Kier molecular flexibility index (Phi) is 6.77. The number of hydrogen-bond donors (Lipinski definition) is 2. The van der Waals surface area contributed by atoms with Crippen molar-refractivity contribution in [2.45, 2.75) is 33.2 Å². The fraction of sp³-hybridized carbons (Fsp3) is 0.500. The molecule has 0 aliphatic rings. The Morgan fingerprint density at radius 3 is 2.17 bits per heavy atom. The molecule has 0 heterocycles. The molecule has 134 valence electrons. The summed E-state index contributed by atoms with van der Waals surface area (Å²) in [6.45, 7) is 7.47. The second kappa shape index (κ2) is 8.14. The molecule has 0 fully saturated rings. The number of nitrogens with one attached hydrogen (secondary N) is 2. The Labute approximate surface area is 139 Å². The number of rotatable bonds is 6. The van der Waals surface area contributed by atoms with Crippen LogP contribution in [0.1, 0.15) is 27.7 Å². The summed E-state index contributed by atoms with van der Waals surface area (Å²) in [6, 6.07) is 1.66. The maximum Gasteiger partial charge on any atom is 0.238 e. The van der Waals surface area contributed by atoms with Gasteiger partial charge in [-0.15, -0.1) is 0 Å². The third-order valence-electron chi connectivity index (χ3n) is 3.01. The van der Waals surface area contributed by atoms with E-state index >= 15 is 0 Å². The summed E-state index contributed by atoms with van der Waals surface area (Å²) in [6.07, 6.45) is 0. The Bertz CT molecular complexity index is 615. The molecule has 24 heavy (non-hydrogen) atoms. The Hall–Kier alpha value is -2.09. The number of benzene rings is 1. The molecule has 2 N–H and O–H groups in total. The number of anilines is 1. The molecule has 0 saturated carbocycles. The van der Waals surface area contributed by atoms with Crippen molar-refractivity contribution in [3.05, 3.63) is 29.6 Å². The van der Waals surface area contributed by atoms with Crippen LogP contribution in [0.4, 0.5) is 18.9 Å². The predicted molar refractivity (Wildman–Crippen MR) is 85.0 cm³/mol. The second-order valence-corrected chi connectivity index (χ2v) is 6.37. The second-order valence-electron chi connectivity index (χ2n) is 6.37. The molecule has 8 heteroatoms. The van der Waals surface area contributed by atoms with Crippen LogP contribution < -0.4 is 10.6 Å². The van der Waals surface area contributed by atoms with Crippen molar-refractivity contribution in [2.75, 3.05) is 25.0 Å². The lowest BCUT2D eigenvalue weighted by atomic mass is 10.1. The van der Waals surface area contributed by atoms with Gasteiger partial charge in [-0.1, -0.05) is 6.92 Å². The van der Waals surface area contributed by atoms with Crippen LogP contribution in [-0.4, -0.2) is 41.9 Å². The van der Waals surface area contributed by atoms with Crippen molar-refractivity contribution >= 4 is 17.5 Å². The number of carbonyl (C=O) groups is 2. The minimum absolute atomic E-state index is 0.0124. The summed E-state index contributed by atoms with van der Waals surface area (Å²) in [5.74, 6) is -5.33. The highest BCUT2D eigenvalue weighted by atomic mass is 19.2. The lowest BCUT2D eigenvalue weighted by molar-refractivity contribution is -0.124. The number of halogens is 3. The highest BCUT2D eigenvalue weighted by molar-refractivity contribution is 5.92. The SMILES string of the molecule is CCN(CC(=O)Nc1ccc(F)c(F)c1F)CC(=O)NC(C)(C)C. The minimum atomic E-state index is -1.65. The molecule has 1 rings (SSSR count). The van der Waals surface area contributed by atoms with Crippen LogP contribution in [-0.2, 0) is 9.59 Å². The molecule has 0 spiro atoms. The molecule has 1 aromatic rings. The van der Waals surface area contributed by atoms with Crippen LogP contribution in [0.2, 0.25) is 0 Å². The molecule has 0 unspecified atom stereocenters. The molecule has 0 bridgehead atoms. The zero-order valence-corrected chi connectivity index (χ0v) is 14.2. The first-order valence-electron chi connectivity index (χ1n) is 7.50. The molecule has 5 nitrogen and oxygen atoms in total. The van der Waals surface area contributed by atoms with Gasteiger partial charge in [0.25, 0.3) is 0 Å². The van der Waals surface area contributed by atoms with Gasteiger partial charge in [-0.2, -0.15) is 0 Å². The summed E-state index contributed by atoms with van der Waals surface area (Å²) < 4.78 is 39.5.